The first-order chi connectivity index (χ1) is 15.2. The topological polar surface area (TPSA) is 150 Å². The van der Waals surface area contributed by atoms with E-state index < -0.39 is 30.5 Å². The molecule has 0 radical (unpaired) electrons. The molecule has 0 amide bonds. The number of fused-ring (bicyclic) bond motifs is 1. The van der Waals surface area contributed by atoms with Crippen molar-refractivity contribution in [3.8, 4) is 5.75 Å². The Balaban J connectivity index is 1.68. The van der Waals surface area contributed by atoms with Crippen LogP contribution in [0.2, 0.25) is 5.02 Å². The van der Waals surface area contributed by atoms with Crippen molar-refractivity contribution in [2.24, 2.45) is 5.73 Å². The van der Waals surface area contributed by atoms with Crippen LogP contribution in [0.1, 0.15) is 17.7 Å². The molecule has 1 aromatic carbocycles. The van der Waals surface area contributed by atoms with E-state index in [4.69, 9.17) is 41.4 Å². The third kappa shape index (κ3) is 5.65. The number of rotatable bonds is 10. The van der Waals surface area contributed by atoms with E-state index in [1.54, 1.807) is 6.20 Å². The van der Waals surface area contributed by atoms with Crippen LogP contribution in [0, 0.1) is 6.92 Å². The molecule has 0 bridgehead atoms. The number of carbonyl (C=O) groups excluding carboxylic acids is 1. The van der Waals surface area contributed by atoms with Crippen LogP contribution in [0.15, 0.2) is 39.7 Å². The molecular formula is C21H24ClN3O7. The summed E-state index contributed by atoms with van der Waals surface area (Å²) < 4.78 is 17.3. The molecular weight excluding hydrogens is 442 g/mol. The predicted octanol–water partition coefficient (Wildman–Crippen LogP) is 1.15. The normalized spacial score (nSPS) is 11.7. The first-order valence-corrected chi connectivity index (χ1v) is 10.2. The third-order valence-electron chi connectivity index (χ3n) is 4.77. The van der Waals surface area contributed by atoms with Gasteiger partial charge in [0.2, 0.25) is 0 Å². The van der Waals surface area contributed by atoms with Gasteiger partial charge in [-0.15, -0.1) is 0 Å². The number of nitrogens with two attached hydrogens (primary N) is 1. The number of nitrogens with zero attached hydrogens (tertiary/aromatic N) is 2. The zero-order chi connectivity index (χ0) is 23.3. The Bertz CT molecular complexity index is 1150. The summed E-state index contributed by atoms with van der Waals surface area (Å²) in [6, 6.07) is 6.76. The summed E-state index contributed by atoms with van der Waals surface area (Å²) in [5.74, 6) is -0.965. The minimum absolute atomic E-state index is 0.0205. The fraction of sp³-hybridized carbons (Fsp3) is 0.381. The Labute approximate surface area is 188 Å². The summed E-state index contributed by atoms with van der Waals surface area (Å²) in [6.07, 6.45) is 1.53. The van der Waals surface area contributed by atoms with Crippen LogP contribution in [-0.4, -0.2) is 51.1 Å². The number of carbonyl (C=O) groups is 1. The molecule has 2 aromatic heterocycles. The second kappa shape index (κ2) is 10.1. The van der Waals surface area contributed by atoms with E-state index in [2.05, 4.69) is 4.98 Å². The summed E-state index contributed by atoms with van der Waals surface area (Å²) >= 11 is 6.33. The Hall–Kier alpha value is -2.92. The molecule has 0 aliphatic heterocycles. The standard InChI is InChI=1S/C21H24ClN3O7/c1-13-6-14(2-4-24-13)9-30-17-8-18-16(7-15(17)22)25(20(29)32-18)5-3-19(28)31-12-21(23,10-26)11-27/h2,4,6-8,26-27H,3,5,9-12,23H2,1H3. The number of halogens is 1. The maximum atomic E-state index is 12.3. The molecule has 0 saturated carbocycles. The quantitative estimate of drug-likeness (QED) is 0.374. The molecule has 4 N–H and O–H groups in total. The smallest absolute Gasteiger partial charge is 0.419 e. The fourth-order valence-electron chi connectivity index (χ4n) is 2.88. The monoisotopic (exact) mass is 465 g/mol. The molecule has 0 fully saturated rings. The Morgan fingerprint density at radius 3 is 2.75 bits per heavy atom. The number of aromatic nitrogens is 2. The van der Waals surface area contributed by atoms with Crippen LogP contribution in [-0.2, 0) is 22.7 Å². The summed E-state index contributed by atoms with van der Waals surface area (Å²) in [5, 5.41) is 18.6. The number of pyridine rings is 1. The van der Waals surface area contributed by atoms with Crippen molar-refractivity contribution in [1.29, 1.82) is 0 Å². The highest BCUT2D eigenvalue weighted by Gasteiger charge is 2.25. The van der Waals surface area contributed by atoms with E-state index in [0.717, 1.165) is 11.3 Å². The number of esters is 1. The maximum absolute atomic E-state index is 12.3. The van der Waals surface area contributed by atoms with Gasteiger partial charge >= 0.3 is 11.7 Å². The lowest BCUT2D eigenvalue weighted by atomic mass is 10.1. The number of aryl methyl sites for hydroxylation is 2. The molecule has 2 heterocycles. The molecule has 0 unspecified atom stereocenters. The molecule has 0 spiro atoms. The highest BCUT2D eigenvalue weighted by molar-refractivity contribution is 6.32. The van der Waals surface area contributed by atoms with E-state index >= 15 is 0 Å². The second-order valence-corrected chi connectivity index (χ2v) is 7.86. The highest BCUT2D eigenvalue weighted by Crippen LogP contribution is 2.30. The van der Waals surface area contributed by atoms with Crippen molar-refractivity contribution in [3.05, 3.63) is 57.3 Å². The molecule has 10 nitrogen and oxygen atoms in total. The lowest BCUT2D eigenvalue weighted by Gasteiger charge is -2.23. The summed E-state index contributed by atoms with van der Waals surface area (Å²) in [4.78, 5) is 28.4. The van der Waals surface area contributed by atoms with Crippen molar-refractivity contribution in [2.45, 2.75) is 32.0 Å². The zero-order valence-corrected chi connectivity index (χ0v) is 18.2. The molecule has 0 aliphatic carbocycles. The van der Waals surface area contributed by atoms with E-state index in [1.807, 2.05) is 19.1 Å². The lowest BCUT2D eigenvalue weighted by Crippen LogP contribution is -2.51. The third-order valence-corrected chi connectivity index (χ3v) is 5.06. The molecule has 11 heteroatoms. The number of ether oxygens (including phenoxy) is 2. The van der Waals surface area contributed by atoms with Gasteiger partial charge in [0.25, 0.3) is 0 Å². The van der Waals surface area contributed by atoms with Gasteiger partial charge in [0.1, 0.15) is 19.0 Å². The zero-order valence-electron chi connectivity index (χ0n) is 17.4. The van der Waals surface area contributed by atoms with Crippen molar-refractivity contribution in [2.75, 3.05) is 19.8 Å². The van der Waals surface area contributed by atoms with Gasteiger partial charge in [-0.05, 0) is 30.7 Å². The van der Waals surface area contributed by atoms with Crippen LogP contribution in [0.3, 0.4) is 0 Å². The van der Waals surface area contributed by atoms with Crippen molar-refractivity contribution >= 4 is 28.7 Å². The fourth-order valence-corrected chi connectivity index (χ4v) is 3.10. The highest BCUT2D eigenvalue weighted by atomic mass is 35.5. The Morgan fingerprint density at radius 2 is 2.06 bits per heavy atom. The van der Waals surface area contributed by atoms with Crippen LogP contribution >= 0.6 is 11.6 Å². The van der Waals surface area contributed by atoms with Gasteiger partial charge in [-0.2, -0.15) is 0 Å². The van der Waals surface area contributed by atoms with Gasteiger partial charge in [-0.3, -0.25) is 14.3 Å². The molecule has 3 rings (SSSR count). The van der Waals surface area contributed by atoms with Gasteiger partial charge in [-0.25, -0.2) is 4.79 Å². The van der Waals surface area contributed by atoms with Gasteiger partial charge in [0, 0.05) is 24.5 Å². The number of hydrogen-bond acceptors (Lipinski definition) is 9. The summed E-state index contributed by atoms with van der Waals surface area (Å²) in [7, 11) is 0. The average Bonchev–Trinajstić information content (AvgIpc) is 3.08. The van der Waals surface area contributed by atoms with Gasteiger partial charge in [0.05, 0.1) is 35.7 Å². The lowest BCUT2D eigenvalue weighted by molar-refractivity contribution is -0.146. The van der Waals surface area contributed by atoms with Gasteiger partial charge in [-0.1, -0.05) is 11.6 Å². The molecule has 0 saturated heterocycles. The van der Waals surface area contributed by atoms with Crippen molar-refractivity contribution < 1.29 is 28.9 Å². The second-order valence-electron chi connectivity index (χ2n) is 7.45. The maximum Gasteiger partial charge on any atom is 0.419 e. The van der Waals surface area contributed by atoms with Crippen LogP contribution in [0.5, 0.6) is 5.75 Å². The van der Waals surface area contributed by atoms with E-state index in [-0.39, 0.29) is 36.8 Å². The van der Waals surface area contributed by atoms with E-state index in [1.165, 1.54) is 16.7 Å². The minimum atomic E-state index is -1.42. The summed E-state index contributed by atoms with van der Waals surface area (Å²) in [6.45, 7) is 0.659. The largest absolute Gasteiger partial charge is 0.487 e. The minimum Gasteiger partial charge on any atom is -0.487 e. The van der Waals surface area contributed by atoms with Gasteiger partial charge < -0.3 is 29.8 Å². The molecule has 0 aliphatic rings. The van der Waals surface area contributed by atoms with Crippen LogP contribution < -0.4 is 16.2 Å². The number of aliphatic hydroxyl groups is 2. The van der Waals surface area contributed by atoms with Gasteiger partial charge in [0.15, 0.2) is 5.58 Å². The Kier molecular flexibility index (Phi) is 7.52. The molecule has 32 heavy (non-hydrogen) atoms. The number of benzene rings is 1. The average molecular weight is 466 g/mol. The molecule has 172 valence electrons. The first-order valence-electron chi connectivity index (χ1n) is 9.78. The first kappa shape index (κ1) is 23.7. The van der Waals surface area contributed by atoms with E-state index in [9.17, 15) is 9.59 Å². The summed E-state index contributed by atoms with van der Waals surface area (Å²) in [5.41, 5.74) is 6.67. The molecule has 3 aromatic rings. The Morgan fingerprint density at radius 1 is 1.31 bits per heavy atom. The predicted molar refractivity (Wildman–Crippen MR) is 115 cm³/mol. The molecule has 0 atom stereocenters. The van der Waals surface area contributed by atoms with Crippen LogP contribution in [0.25, 0.3) is 11.1 Å². The van der Waals surface area contributed by atoms with E-state index in [0.29, 0.717) is 11.3 Å². The van der Waals surface area contributed by atoms with Crippen LogP contribution in [0.4, 0.5) is 0 Å². The van der Waals surface area contributed by atoms with Crippen molar-refractivity contribution in [1.82, 2.24) is 9.55 Å². The number of hydrogen-bond donors (Lipinski definition) is 3. The SMILES string of the molecule is Cc1cc(COc2cc3oc(=O)n(CCC(=O)OCC(N)(CO)CO)c3cc2Cl)ccn1. The number of aliphatic hydroxyl groups excluding tert-OH is 2. The van der Waals surface area contributed by atoms with Crippen molar-refractivity contribution in [3.63, 3.8) is 0 Å². The number of oxazole rings is 1.